The van der Waals surface area contributed by atoms with Gasteiger partial charge in [-0.05, 0) is 55.3 Å². The highest BCUT2D eigenvalue weighted by molar-refractivity contribution is 7.89. The highest BCUT2D eigenvalue weighted by Crippen LogP contribution is 2.27. The van der Waals surface area contributed by atoms with Gasteiger partial charge in [0.05, 0.1) is 6.61 Å². The van der Waals surface area contributed by atoms with E-state index in [1.54, 1.807) is 29.2 Å². The number of hydrogen-bond donors (Lipinski definition) is 1. The molecule has 2 aromatic carbocycles. The lowest BCUT2D eigenvalue weighted by molar-refractivity contribution is -0.117. The lowest BCUT2D eigenvalue weighted by atomic mass is 10.1. The van der Waals surface area contributed by atoms with Crippen LogP contribution in [0.5, 0.6) is 5.75 Å². The second kappa shape index (κ2) is 8.24. The van der Waals surface area contributed by atoms with Crippen molar-refractivity contribution in [1.29, 1.82) is 0 Å². The van der Waals surface area contributed by atoms with E-state index in [0.29, 0.717) is 30.7 Å². The average molecular weight is 410 g/mol. The molecule has 0 bridgehead atoms. The van der Waals surface area contributed by atoms with Gasteiger partial charge in [-0.15, -0.1) is 0 Å². The summed E-state index contributed by atoms with van der Waals surface area (Å²) in [5.41, 5.74) is 0.690. The minimum absolute atomic E-state index is 0.0580. The molecule has 2 aromatic rings. The second-order valence-corrected chi connectivity index (χ2v) is 8.16. The third kappa shape index (κ3) is 4.48. The third-order valence-corrected chi connectivity index (χ3v) is 5.85. The van der Waals surface area contributed by atoms with Gasteiger partial charge in [-0.2, -0.15) is 0 Å². The first-order valence-corrected chi connectivity index (χ1v) is 10.3. The third-order valence-electron chi connectivity index (χ3n) is 4.41. The van der Waals surface area contributed by atoms with Crippen molar-refractivity contribution in [3.05, 3.63) is 54.1 Å². The maximum atomic E-state index is 13.7. The van der Waals surface area contributed by atoms with Gasteiger partial charge < -0.3 is 9.64 Å². The molecule has 6 nitrogen and oxygen atoms in total. The van der Waals surface area contributed by atoms with Crippen molar-refractivity contribution in [2.24, 2.45) is 5.92 Å². The number of sulfonamides is 1. The number of halogens is 2. The van der Waals surface area contributed by atoms with E-state index in [2.05, 4.69) is 4.72 Å². The SMILES string of the molecule is CCOc1ccc(N2C[C@@H](CNS(=O)(=O)c3cc(F)ccc3F)CC2=O)cc1. The highest BCUT2D eigenvalue weighted by Gasteiger charge is 2.32. The van der Waals surface area contributed by atoms with Crippen molar-refractivity contribution in [3.63, 3.8) is 0 Å². The first-order chi connectivity index (χ1) is 13.3. The number of hydrogen-bond acceptors (Lipinski definition) is 4. The number of ether oxygens (including phenoxy) is 1. The molecule has 1 aliphatic heterocycles. The summed E-state index contributed by atoms with van der Waals surface area (Å²) in [5.74, 6) is -1.61. The molecule has 0 aliphatic carbocycles. The summed E-state index contributed by atoms with van der Waals surface area (Å²) in [6.07, 6.45) is 0.154. The fourth-order valence-electron chi connectivity index (χ4n) is 3.05. The summed E-state index contributed by atoms with van der Waals surface area (Å²) >= 11 is 0. The quantitative estimate of drug-likeness (QED) is 0.762. The number of nitrogens with zero attached hydrogens (tertiary/aromatic N) is 1. The van der Waals surface area contributed by atoms with Crippen molar-refractivity contribution in [1.82, 2.24) is 4.72 Å². The highest BCUT2D eigenvalue weighted by atomic mass is 32.2. The molecule has 1 heterocycles. The van der Waals surface area contributed by atoms with E-state index in [-0.39, 0.29) is 24.8 Å². The Balaban J connectivity index is 1.65. The molecule has 1 aliphatic rings. The lowest BCUT2D eigenvalue weighted by Gasteiger charge is -2.17. The van der Waals surface area contributed by atoms with Gasteiger partial charge in [-0.25, -0.2) is 21.9 Å². The zero-order valence-corrected chi connectivity index (χ0v) is 16.0. The smallest absolute Gasteiger partial charge is 0.243 e. The van der Waals surface area contributed by atoms with Crippen LogP contribution >= 0.6 is 0 Å². The summed E-state index contributed by atoms with van der Waals surface area (Å²) in [6.45, 7) is 2.67. The first-order valence-electron chi connectivity index (χ1n) is 8.78. The number of benzene rings is 2. The Morgan fingerprint density at radius 3 is 2.57 bits per heavy atom. The molecule has 28 heavy (non-hydrogen) atoms. The van der Waals surface area contributed by atoms with Crippen molar-refractivity contribution >= 4 is 21.6 Å². The fraction of sp³-hybridized carbons (Fsp3) is 0.316. The topological polar surface area (TPSA) is 75.7 Å². The van der Waals surface area contributed by atoms with Gasteiger partial charge >= 0.3 is 0 Å². The van der Waals surface area contributed by atoms with Crippen molar-refractivity contribution in [2.75, 3.05) is 24.6 Å². The van der Waals surface area contributed by atoms with Crippen LogP contribution in [-0.2, 0) is 14.8 Å². The van der Waals surface area contributed by atoms with Gasteiger partial charge in [0, 0.05) is 25.2 Å². The lowest BCUT2D eigenvalue weighted by Crippen LogP contribution is -2.31. The molecular formula is C19H20F2N2O4S. The summed E-state index contributed by atoms with van der Waals surface area (Å²) in [4.78, 5) is 13.1. The molecule has 0 saturated carbocycles. The van der Waals surface area contributed by atoms with Crippen LogP contribution in [0, 0.1) is 17.6 Å². The van der Waals surface area contributed by atoms with E-state index in [1.807, 2.05) is 6.92 Å². The van der Waals surface area contributed by atoms with E-state index in [9.17, 15) is 22.0 Å². The minimum atomic E-state index is -4.22. The molecule has 0 spiro atoms. The van der Waals surface area contributed by atoms with Gasteiger partial charge in [0.15, 0.2) is 0 Å². The van der Waals surface area contributed by atoms with E-state index in [4.69, 9.17) is 4.74 Å². The van der Waals surface area contributed by atoms with E-state index < -0.39 is 26.6 Å². The van der Waals surface area contributed by atoms with E-state index in [1.165, 1.54) is 0 Å². The maximum absolute atomic E-state index is 13.7. The van der Waals surface area contributed by atoms with Gasteiger partial charge in [-0.1, -0.05) is 0 Å². The summed E-state index contributed by atoms with van der Waals surface area (Å²) in [6, 6.07) is 9.28. The minimum Gasteiger partial charge on any atom is -0.494 e. The number of carbonyl (C=O) groups excluding carboxylic acids is 1. The van der Waals surface area contributed by atoms with Crippen LogP contribution in [0.25, 0.3) is 0 Å². The van der Waals surface area contributed by atoms with Crippen LogP contribution < -0.4 is 14.4 Å². The number of carbonyl (C=O) groups is 1. The molecule has 0 unspecified atom stereocenters. The number of rotatable bonds is 7. The summed E-state index contributed by atoms with van der Waals surface area (Å²) in [5, 5.41) is 0. The summed E-state index contributed by atoms with van der Waals surface area (Å²) in [7, 11) is -4.22. The normalized spacial score (nSPS) is 17.2. The van der Waals surface area contributed by atoms with Crippen molar-refractivity contribution < 1.29 is 26.7 Å². The Kier molecular flexibility index (Phi) is 5.95. The standard InChI is InChI=1S/C19H20F2N2O4S/c1-2-27-16-6-4-15(5-7-16)23-12-13(9-19(23)24)11-22-28(25,26)18-10-14(20)3-8-17(18)21/h3-8,10,13,22H,2,9,11-12H2,1H3/t13-/m1/s1. The van der Waals surface area contributed by atoms with Gasteiger partial charge in [0.25, 0.3) is 0 Å². The molecule has 150 valence electrons. The molecule has 1 fully saturated rings. The van der Waals surface area contributed by atoms with Crippen LogP contribution in [-0.4, -0.2) is 34.0 Å². The van der Waals surface area contributed by atoms with Gasteiger partial charge in [-0.3, -0.25) is 4.79 Å². The molecule has 1 amide bonds. The Bertz CT molecular complexity index is 964. The summed E-state index contributed by atoms with van der Waals surface area (Å²) < 4.78 is 59.2. The first kappa shape index (κ1) is 20.2. The monoisotopic (exact) mass is 410 g/mol. The number of anilines is 1. The van der Waals surface area contributed by atoms with E-state index in [0.717, 1.165) is 12.1 Å². The molecule has 3 rings (SSSR count). The zero-order valence-electron chi connectivity index (χ0n) is 15.2. The Morgan fingerprint density at radius 1 is 1.18 bits per heavy atom. The number of nitrogens with one attached hydrogen (secondary N) is 1. The van der Waals surface area contributed by atoms with Crippen LogP contribution in [0.15, 0.2) is 47.4 Å². The molecule has 1 saturated heterocycles. The second-order valence-electron chi connectivity index (χ2n) is 6.43. The predicted octanol–water partition coefficient (Wildman–Crippen LogP) is 2.69. The zero-order chi connectivity index (χ0) is 20.3. The van der Waals surface area contributed by atoms with Crippen LogP contribution in [0.4, 0.5) is 14.5 Å². The molecule has 9 heteroatoms. The largest absolute Gasteiger partial charge is 0.494 e. The average Bonchev–Trinajstić information content (AvgIpc) is 3.04. The Hall–Kier alpha value is -2.52. The van der Waals surface area contributed by atoms with Crippen molar-refractivity contribution in [2.45, 2.75) is 18.2 Å². The van der Waals surface area contributed by atoms with E-state index >= 15 is 0 Å². The van der Waals surface area contributed by atoms with Crippen molar-refractivity contribution in [3.8, 4) is 5.75 Å². The Morgan fingerprint density at radius 2 is 1.89 bits per heavy atom. The molecule has 1 atom stereocenters. The molecular weight excluding hydrogens is 390 g/mol. The molecule has 0 aromatic heterocycles. The Labute approximate surface area is 162 Å². The van der Waals surface area contributed by atoms with Gasteiger partial charge in [0.2, 0.25) is 15.9 Å². The van der Waals surface area contributed by atoms with Gasteiger partial charge in [0.1, 0.15) is 22.3 Å². The van der Waals surface area contributed by atoms with Crippen LogP contribution in [0.3, 0.4) is 0 Å². The maximum Gasteiger partial charge on any atom is 0.243 e. The molecule has 1 N–H and O–H groups in total. The molecule has 0 radical (unpaired) electrons. The number of amides is 1. The van der Waals surface area contributed by atoms with Crippen LogP contribution in [0.1, 0.15) is 13.3 Å². The predicted molar refractivity (Wildman–Crippen MR) is 99.6 cm³/mol. The van der Waals surface area contributed by atoms with Crippen LogP contribution in [0.2, 0.25) is 0 Å². The fourth-order valence-corrected chi connectivity index (χ4v) is 4.25.